The highest BCUT2D eigenvalue weighted by molar-refractivity contribution is 5.73. The average Bonchev–Trinajstić information content (AvgIpc) is 3.56. The lowest BCUT2D eigenvalue weighted by Crippen LogP contribution is -2.34. The van der Waals surface area contributed by atoms with Crippen molar-refractivity contribution in [1.82, 2.24) is 29.3 Å². The van der Waals surface area contributed by atoms with Crippen LogP contribution in [0.5, 0.6) is 5.75 Å². The Kier molecular flexibility index (Phi) is 8.54. The van der Waals surface area contributed by atoms with E-state index in [0.29, 0.717) is 12.0 Å². The predicted molar refractivity (Wildman–Crippen MR) is 139 cm³/mol. The normalized spacial score (nSPS) is 16.2. The van der Waals surface area contributed by atoms with Crippen molar-refractivity contribution in [3.63, 3.8) is 0 Å². The van der Waals surface area contributed by atoms with E-state index in [9.17, 15) is 13.2 Å². The molecule has 1 saturated heterocycles. The number of fused-ring (bicyclic) bond motifs is 1. The van der Waals surface area contributed by atoms with E-state index in [0.717, 1.165) is 60.8 Å². The number of ether oxygens (including phenoxy) is 1. The molecule has 9 nitrogen and oxygen atoms in total. The van der Waals surface area contributed by atoms with E-state index in [1.807, 2.05) is 39.7 Å². The first-order valence-electron chi connectivity index (χ1n) is 12.6. The molecule has 3 aromatic heterocycles. The summed E-state index contributed by atoms with van der Waals surface area (Å²) < 4.78 is 41.0. The molecule has 208 valence electrons. The molecule has 1 atom stereocenters. The Morgan fingerprint density at radius 2 is 1.95 bits per heavy atom. The van der Waals surface area contributed by atoms with Crippen LogP contribution >= 0.6 is 0 Å². The van der Waals surface area contributed by atoms with Gasteiger partial charge in [0.1, 0.15) is 5.75 Å². The van der Waals surface area contributed by atoms with Crippen LogP contribution in [0.2, 0.25) is 0 Å². The van der Waals surface area contributed by atoms with Crippen molar-refractivity contribution < 1.29 is 27.8 Å². The Hall–Kier alpha value is -3.93. The highest BCUT2D eigenvalue weighted by Crippen LogP contribution is 2.28. The van der Waals surface area contributed by atoms with E-state index in [-0.39, 0.29) is 0 Å². The molecule has 12 heteroatoms. The second kappa shape index (κ2) is 11.9. The Morgan fingerprint density at radius 1 is 1.18 bits per heavy atom. The van der Waals surface area contributed by atoms with Crippen molar-refractivity contribution in [3.05, 3.63) is 66.4 Å². The lowest BCUT2D eigenvalue weighted by Gasteiger charge is -2.30. The van der Waals surface area contributed by atoms with Gasteiger partial charge in [-0.05, 0) is 63.1 Å². The number of aliphatic carboxylic acids is 1. The number of carbonyl (C=O) groups is 1. The van der Waals surface area contributed by atoms with E-state index >= 15 is 0 Å². The third-order valence-corrected chi connectivity index (χ3v) is 6.45. The van der Waals surface area contributed by atoms with Gasteiger partial charge >= 0.3 is 12.1 Å². The average molecular weight is 545 g/mol. The molecule has 4 aromatic rings. The quantitative estimate of drug-likeness (QED) is 0.357. The van der Waals surface area contributed by atoms with E-state index in [2.05, 4.69) is 48.4 Å². The van der Waals surface area contributed by atoms with Crippen LogP contribution in [0.4, 0.5) is 13.2 Å². The van der Waals surface area contributed by atoms with Crippen molar-refractivity contribution in [2.24, 2.45) is 0 Å². The van der Waals surface area contributed by atoms with Crippen LogP contribution in [0.3, 0.4) is 0 Å². The zero-order chi connectivity index (χ0) is 28.2. The topological polar surface area (TPSA) is 97.8 Å². The van der Waals surface area contributed by atoms with Gasteiger partial charge in [-0.25, -0.2) is 14.3 Å². The number of halogens is 3. The minimum atomic E-state index is -5.08. The first kappa shape index (κ1) is 28.1. The lowest BCUT2D eigenvalue weighted by molar-refractivity contribution is -0.192. The first-order chi connectivity index (χ1) is 18.5. The second-order valence-corrected chi connectivity index (χ2v) is 9.72. The van der Waals surface area contributed by atoms with Crippen molar-refractivity contribution in [2.75, 3.05) is 20.2 Å². The molecule has 0 saturated carbocycles. The van der Waals surface area contributed by atoms with Crippen LogP contribution in [0.25, 0.3) is 16.8 Å². The van der Waals surface area contributed by atoms with Crippen LogP contribution in [0.15, 0.2) is 55.0 Å². The molecule has 0 radical (unpaired) electrons. The Balaban J connectivity index is 0.000000448. The maximum absolute atomic E-state index is 10.6. The number of hydrogen-bond acceptors (Lipinski definition) is 6. The van der Waals surface area contributed by atoms with Crippen LogP contribution in [0.1, 0.15) is 50.0 Å². The van der Waals surface area contributed by atoms with Gasteiger partial charge in [0, 0.05) is 48.6 Å². The molecule has 0 bridgehead atoms. The van der Waals surface area contributed by atoms with E-state index in [1.165, 1.54) is 5.56 Å². The molecule has 39 heavy (non-hydrogen) atoms. The highest BCUT2D eigenvalue weighted by atomic mass is 19.4. The minimum absolute atomic E-state index is 0.351. The number of hydrogen-bond donors (Lipinski definition) is 1. The van der Waals surface area contributed by atoms with Gasteiger partial charge in [0.05, 0.1) is 13.3 Å². The summed E-state index contributed by atoms with van der Waals surface area (Å²) in [6, 6.07) is 12.6. The van der Waals surface area contributed by atoms with Crippen molar-refractivity contribution in [2.45, 2.75) is 51.4 Å². The smallest absolute Gasteiger partial charge is 0.490 e. The minimum Gasteiger partial charge on any atom is -0.497 e. The fraction of sp³-hybridized carbons (Fsp3) is 0.407. The molecule has 0 aliphatic carbocycles. The van der Waals surface area contributed by atoms with Crippen LogP contribution in [0, 0.1) is 0 Å². The first-order valence-corrected chi connectivity index (χ1v) is 12.6. The van der Waals surface area contributed by atoms with Gasteiger partial charge < -0.3 is 9.84 Å². The summed E-state index contributed by atoms with van der Waals surface area (Å²) in [4.78, 5) is 16.3. The number of benzene rings is 1. The van der Waals surface area contributed by atoms with Crippen LogP contribution in [-0.2, 0) is 11.3 Å². The highest BCUT2D eigenvalue weighted by Gasteiger charge is 2.38. The third-order valence-electron chi connectivity index (χ3n) is 6.45. The molecule has 1 aliphatic heterocycles. The summed E-state index contributed by atoms with van der Waals surface area (Å²) in [5.41, 5.74) is 4.36. The zero-order valence-corrected chi connectivity index (χ0v) is 22.0. The fourth-order valence-electron chi connectivity index (χ4n) is 4.46. The standard InChI is InChI=1S/C25H30N6O.C2HF3O2/c1-18(2)30-15-19(13-26-30)14-29-11-5-7-22(16-29)25-27-24-10-9-21(17-31(24)28-25)20-6-4-8-23(12-20)32-3;3-2(4,5)1(6)7/h4,6,8-10,12-13,15,17-18,22H,5,7,11,14,16H2,1-3H3;(H,6,7). The molecule has 1 fully saturated rings. The van der Waals surface area contributed by atoms with Gasteiger partial charge in [0.25, 0.3) is 0 Å². The maximum atomic E-state index is 10.6. The van der Waals surface area contributed by atoms with Crippen LogP contribution in [-0.4, -0.2) is 66.7 Å². The number of likely N-dealkylation sites (tertiary alicyclic amines) is 1. The monoisotopic (exact) mass is 544 g/mol. The summed E-state index contributed by atoms with van der Waals surface area (Å²) in [6.45, 7) is 7.32. The largest absolute Gasteiger partial charge is 0.497 e. The zero-order valence-electron chi connectivity index (χ0n) is 22.0. The summed E-state index contributed by atoms with van der Waals surface area (Å²) in [6.07, 6.45) is 3.42. The Bertz CT molecular complexity index is 1420. The molecule has 5 rings (SSSR count). The van der Waals surface area contributed by atoms with Crippen molar-refractivity contribution in [1.29, 1.82) is 0 Å². The Labute approximate surface area is 223 Å². The number of alkyl halides is 3. The van der Waals surface area contributed by atoms with Gasteiger partial charge in [-0.3, -0.25) is 9.58 Å². The molecule has 4 heterocycles. The summed E-state index contributed by atoms with van der Waals surface area (Å²) in [5.74, 6) is -0.616. The fourth-order valence-corrected chi connectivity index (χ4v) is 4.46. The number of carboxylic acid groups (broad SMARTS) is 1. The summed E-state index contributed by atoms with van der Waals surface area (Å²) in [5, 5.41) is 16.5. The molecule has 1 aliphatic rings. The number of pyridine rings is 1. The van der Waals surface area contributed by atoms with E-state index in [4.69, 9.17) is 24.7 Å². The number of rotatable bonds is 6. The number of piperidine rings is 1. The molecule has 1 unspecified atom stereocenters. The molecule has 0 spiro atoms. The lowest BCUT2D eigenvalue weighted by atomic mass is 9.97. The number of aromatic nitrogens is 5. The summed E-state index contributed by atoms with van der Waals surface area (Å²) >= 11 is 0. The van der Waals surface area contributed by atoms with Gasteiger partial charge in [-0.15, -0.1) is 0 Å². The molecule has 0 amide bonds. The van der Waals surface area contributed by atoms with Gasteiger partial charge in [-0.2, -0.15) is 23.4 Å². The number of carboxylic acids is 1. The van der Waals surface area contributed by atoms with E-state index < -0.39 is 12.1 Å². The second-order valence-electron chi connectivity index (χ2n) is 9.72. The molecule has 1 N–H and O–H groups in total. The van der Waals surface area contributed by atoms with Gasteiger partial charge in [0.15, 0.2) is 11.5 Å². The van der Waals surface area contributed by atoms with E-state index in [1.54, 1.807) is 7.11 Å². The molecular formula is C27H31F3N6O3. The third kappa shape index (κ3) is 7.14. The predicted octanol–water partition coefficient (Wildman–Crippen LogP) is 5.20. The SMILES string of the molecule is COc1cccc(-c2ccc3nc(C4CCCN(Cc5cnn(C(C)C)c5)C4)nn3c2)c1.O=C(O)C(F)(F)F. The summed E-state index contributed by atoms with van der Waals surface area (Å²) in [7, 11) is 1.69. The van der Waals surface area contributed by atoms with Gasteiger partial charge in [-0.1, -0.05) is 12.1 Å². The van der Waals surface area contributed by atoms with Gasteiger partial charge in [0.2, 0.25) is 0 Å². The molecule has 1 aromatic carbocycles. The number of nitrogens with zero attached hydrogens (tertiary/aromatic N) is 6. The number of methoxy groups -OCH3 is 1. The van der Waals surface area contributed by atoms with Crippen molar-refractivity contribution in [3.8, 4) is 16.9 Å². The maximum Gasteiger partial charge on any atom is 0.490 e. The van der Waals surface area contributed by atoms with Crippen LogP contribution < -0.4 is 4.74 Å². The van der Waals surface area contributed by atoms with Crippen molar-refractivity contribution >= 4 is 11.6 Å². The molecular weight excluding hydrogens is 513 g/mol. The Morgan fingerprint density at radius 3 is 2.62 bits per heavy atom.